The summed E-state index contributed by atoms with van der Waals surface area (Å²) in [5.41, 5.74) is 2.46. The summed E-state index contributed by atoms with van der Waals surface area (Å²) >= 11 is 3.35. The maximum Gasteiger partial charge on any atom is 0.129 e. The largest absolute Gasteiger partial charge is 0.507 e. The Morgan fingerprint density at radius 3 is 2.40 bits per heavy atom. The second-order valence-corrected chi connectivity index (χ2v) is 6.15. The Bertz CT molecular complexity index is 554. The first-order valence-corrected chi connectivity index (χ1v) is 7.63. The fraction of sp³-hybridized carbons (Fsp3) is 0.294. The number of hydrogen-bond acceptors (Lipinski definition) is 2. The number of hydrogen-bond donors (Lipinski definition) is 2. The van der Waals surface area contributed by atoms with Gasteiger partial charge < -0.3 is 10.4 Å². The highest BCUT2D eigenvalue weighted by atomic mass is 79.9. The molecule has 0 fully saturated rings. The van der Waals surface area contributed by atoms with Gasteiger partial charge in [0, 0.05) is 12.6 Å². The summed E-state index contributed by atoms with van der Waals surface area (Å²) in [5.74, 6) is 0.787. The summed E-state index contributed by atoms with van der Waals surface area (Å²) in [7, 11) is 0. The Kier molecular flexibility index (Phi) is 5.21. The summed E-state index contributed by atoms with van der Waals surface area (Å²) in [5, 5.41) is 13.1. The van der Waals surface area contributed by atoms with Gasteiger partial charge >= 0.3 is 0 Å². The molecule has 20 heavy (non-hydrogen) atoms. The lowest BCUT2D eigenvalue weighted by Crippen LogP contribution is -2.25. The van der Waals surface area contributed by atoms with Crippen LogP contribution in [0.3, 0.4) is 0 Å². The zero-order valence-corrected chi connectivity index (χ0v) is 13.4. The van der Waals surface area contributed by atoms with E-state index in [1.165, 1.54) is 5.56 Å². The Morgan fingerprint density at radius 1 is 1.10 bits per heavy atom. The molecule has 106 valence electrons. The number of nitrogens with one attached hydrogen (secondary N) is 1. The second kappa shape index (κ2) is 6.91. The number of benzene rings is 2. The van der Waals surface area contributed by atoms with Crippen molar-refractivity contribution in [3.8, 4) is 5.75 Å². The smallest absolute Gasteiger partial charge is 0.129 e. The fourth-order valence-corrected chi connectivity index (χ4v) is 2.71. The molecular weight excluding hydrogens is 314 g/mol. The molecule has 0 aliphatic heterocycles. The maximum absolute atomic E-state index is 9.52. The molecule has 2 N–H and O–H groups in total. The van der Waals surface area contributed by atoms with E-state index in [2.05, 4.69) is 59.4 Å². The van der Waals surface area contributed by atoms with Gasteiger partial charge in [0.2, 0.25) is 0 Å². The number of phenols is 1. The van der Waals surface area contributed by atoms with E-state index < -0.39 is 0 Å². The average Bonchev–Trinajstić information content (AvgIpc) is 2.44. The van der Waals surface area contributed by atoms with Crippen LogP contribution in [0.2, 0.25) is 0 Å². The van der Waals surface area contributed by atoms with Crippen LogP contribution < -0.4 is 5.32 Å². The van der Waals surface area contributed by atoms with Gasteiger partial charge in [-0.3, -0.25) is 0 Å². The molecule has 2 rings (SSSR count). The van der Waals surface area contributed by atoms with E-state index in [1.807, 2.05) is 18.2 Å². The van der Waals surface area contributed by atoms with Crippen LogP contribution in [0, 0.1) is 5.92 Å². The molecule has 0 bridgehead atoms. The summed E-state index contributed by atoms with van der Waals surface area (Å²) in [6, 6.07) is 16.4. The first-order chi connectivity index (χ1) is 9.58. The molecule has 0 saturated carbocycles. The quantitative estimate of drug-likeness (QED) is 0.835. The molecule has 0 spiro atoms. The maximum atomic E-state index is 9.52. The number of rotatable bonds is 5. The van der Waals surface area contributed by atoms with Gasteiger partial charge in [-0.15, -0.1) is 0 Å². The Morgan fingerprint density at radius 2 is 1.80 bits per heavy atom. The Labute approximate surface area is 129 Å². The number of halogens is 1. The molecule has 3 heteroatoms. The Balaban J connectivity index is 2.08. The molecule has 0 heterocycles. The van der Waals surface area contributed by atoms with Gasteiger partial charge in [-0.2, -0.15) is 0 Å². The van der Waals surface area contributed by atoms with Crippen molar-refractivity contribution < 1.29 is 5.11 Å². The van der Waals surface area contributed by atoms with E-state index in [4.69, 9.17) is 0 Å². The molecule has 0 amide bonds. The highest BCUT2D eigenvalue weighted by Crippen LogP contribution is 2.26. The van der Waals surface area contributed by atoms with Crippen LogP contribution in [0.15, 0.2) is 53.0 Å². The van der Waals surface area contributed by atoms with Crippen molar-refractivity contribution in [1.82, 2.24) is 5.32 Å². The number of aromatic hydroxyl groups is 1. The minimum Gasteiger partial charge on any atom is -0.507 e. The lowest BCUT2D eigenvalue weighted by Gasteiger charge is -2.23. The summed E-state index contributed by atoms with van der Waals surface area (Å²) < 4.78 is 0.734. The van der Waals surface area contributed by atoms with Gasteiger partial charge in [0.15, 0.2) is 0 Å². The highest BCUT2D eigenvalue weighted by Gasteiger charge is 2.14. The Hall–Kier alpha value is -1.32. The van der Waals surface area contributed by atoms with Crippen molar-refractivity contribution in [3.05, 3.63) is 64.1 Å². The number of phenolic OH excluding ortho intramolecular Hbond substituents is 1. The van der Waals surface area contributed by atoms with Crippen LogP contribution >= 0.6 is 15.9 Å². The fourth-order valence-electron chi connectivity index (χ4n) is 2.29. The van der Waals surface area contributed by atoms with Crippen molar-refractivity contribution in [1.29, 1.82) is 0 Å². The third-order valence-electron chi connectivity index (χ3n) is 3.36. The minimum atomic E-state index is 0.275. The van der Waals surface area contributed by atoms with Crippen molar-refractivity contribution in [2.45, 2.75) is 26.4 Å². The molecule has 0 radical (unpaired) electrons. The summed E-state index contributed by atoms with van der Waals surface area (Å²) in [6.07, 6.45) is 0. The summed E-state index contributed by atoms with van der Waals surface area (Å²) in [4.78, 5) is 0. The van der Waals surface area contributed by atoms with Crippen molar-refractivity contribution >= 4 is 15.9 Å². The average molecular weight is 334 g/mol. The topological polar surface area (TPSA) is 32.3 Å². The van der Waals surface area contributed by atoms with Gasteiger partial charge in [0.1, 0.15) is 5.75 Å². The second-order valence-electron chi connectivity index (χ2n) is 5.30. The molecule has 2 nitrogen and oxygen atoms in total. The van der Waals surface area contributed by atoms with E-state index in [1.54, 1.807) is 6.07 Å². The van der Waals surface area contributed by atoms with E-state index in [0.29, 0.717) is 12.0 Å². The van der Waals surface area contributed by atoms with Crippen molar-refractivity contribution in [3.63, 3.8) is 0 Å². The third kappa shape index (κ3) is 3.84. The van der Waals surface area contributed by atoms with Crippen molar-refractivity contribution in [2.24, 2.45) is 5.92 Å². The van der Waals surface area contributed by atoms with Gasteiger partial charge in [0.05, 0.1) is 4.47 Å². The molecule has 2 aromatic carbocycles. The van der Waals surface area contributed by atoms with E-state index in [9.17, 15) is 5.11 Å². The van der Waals surface area contributed by atoms with E-state index in [-0.39, 0.29) is 5.75 Å². The van der Waals surface area contributed by atoms with Crippen molar-refractivity contribution in [2.75, 3.05) is 0 Å². The predicted molar refractivity (Wildman–Crippen MR) is 86.7 cm³/mol. The lowest BCUT2D eigenvalue weighted by atomic mass is 9.96. The zero-order chi connectivity index (χ0) is 14.5. The zero-order valence-electron chi connectivity index (χ0n) is 11.8. The van der Waals surface area contributed by atoms with Crippen LogP contribution in [-0.2, 0) is 6.54 Å². The van der Waals surface area contributed by atoms with Crippen LogP contribution in [0.25, 0.3) is 0 Å². The van der Waals surface area contributed by atoms with Crippen LogP contribution in [0.4, 0.5) is 0 Å². The first kappa shape index (κ1) is 15.1. The standard InChI is InChI=1S/C17H20BrNO/c1-12(2)17(14-6-4-3-5-7-14)19-11-13-8-9-16(20)15(18)10-13/h3-10,12,17,19-20H,11H2,1-2H3. The van der Waals surface area contributed by atoms with Gasteiger partial charge in [-0.1, -0.05) is 50.2 Å². The summed E-state index contributed by atoms with van der Waals surface area (Å²) in [6.45, 7) is 5.21. The van der Waals surface area contributed by atoms with Gasteiger partial charge in [-0.05, 0) is 45.1 Å². The van der Waals surface area contributed by atoms with Crippen LogP contribution in [0.1, 0.15) is 31.0 Å². The molecular formula is C17H20BrNO. The molecule has 1 unspecified atom stereocenters. The van der Waals surface area contributed by atoms with Crippen LogP contribution in [-0.4, -0.2) is 5.11 Å². The molecule has 0 aliphatic rings. The van der Waals surface area contributed by atoms with E-state index in [0.717, 1.165) is 16.6 Å². The van der Waals surface area contributed by atoms with Crippen LogP contribution in [0.5, 0.6) is 5.75 Å². The van der Waals surface area contributed by atoms with Gasteiger partial charge in [0.25, 0.3) is 0 Å². The molecule has 2 aromatic rings. The highest BCUT2D eigenvalue weighted by molar-refractivity contribution is 9.10. The SMILES string of the molecule is CC(C)C(NCc1ccc(O)c(Br)c1)c1ccccc1. The molecule has 1 atom stereocenters. The molecule has 0 aromatic heterocycles. The molecule has 0 aliphatic carbocycles. The normalized spacial score (nSPS) is 12.6. The molecule has 0 saturated heterocycles. The minimum absolute atomic E-state index is 0.275. The monoisotopic (exact) mass is 333 g/mol. The first-order valence-electron chi connectivity index (χ1n) is 6.83. The third-order valence-corrected chi connectivity index (χ3v) is 4.00. The predicted octanol–water partition coefficient (Wildman–Crippen LogP) is 4.64. The van der Waals surface area contributed by atoms with Gasteiger partial charge in [-0.25, -0.2) is 0 Å². The lowest BCUT2D eigenvalue weighted by molar-refractivity contribution is 0.410. The van der Waals surface area contributed by atoms with E-state index >= 15 is 0 Å².